The zero-order valence-electron chi connectivity index (χ0n) is 15.0. The molecule has 0 spiro atoms. The molecule has 2 atom stereocenters. The summed E-state index contributed by atoms with van der Waals surface area (Å²) in [5.74, 6) is 0.927. The molecule has 1 N–H and O–H groups in total. The molecule has 0 aromatic carbocycles. The SMILES string of the molecule is CCC1(C)CC(NC2CCC(C(C)(C)CC)CC2)CCO1. The van der Waals surface area contributed by atoms with E-state index in [2.05, 4.69) is 39.9 Å². The van der Waals surface area contributed by atoms with Gasteiger partial charge in [-0.25, -0.2) is 0 Å². The van der Waals surface area contributed by atoms with Crippen molar-refractivity contribution in [3.63, 3.8) is 0 Å². The molecule has 0 radical (unpaired) electrons. The molecule has 1 aliphatic heterocycles. The number of ether oxygens (including phenoxy) is 1. The highest BCUT2D eigenvalue weighted by molar-refractivity contribution is 4.90. The van der Waals surface area contributed by atoms with Crippen molar-refractivity contribution >= 4 is 0 Å². The van der Waals surface area contributed by atoms with Gasteiger partial charge in [0.25, 0.3) is 0 Å². The molecule has 1 heterocycles. The summed E-state index contributed by atoms with van der Waals surface area (Å²) in [6, 6.07) is 1.42. The first kappa shape index (κ1) is 17.3. The van der Waals surface area contributed by atoms with Gasteiger partial charge in [0.1, 0.15) is 0 Å². The van der Waals surface area contributed by atoms with E-state index in [1.807, 2.05) is 0 Å². The zero-order valence-corrected chi connectivity index (χ0v) is 15.0. The van der Waals surface area contributed by atoms with Crippen LogP contribution in [-0.4, -0.2) is 24.3 Å². The molecule has 1 saturated heterocycles. The van der Waals surface area contributed by atoms with Gasteiger partial charge < -0.3 is 10.1 Å². The zero-order chi connectivity index (χ0) is 15.5. The molecule has 0 bridgehead atoms. The Labute approximate surface area is 132 Å². The van der Waals surface area contributed by atoms with Gasteiger partial charge in [0.15, 0.2) is 0 Å². The maximum absolute atomic E-state index is 5.97. The Morgan fingerprint density at radius 3 is 2.29 bits per heavy atom. The Morgan fingerprint density at radius 1 is 1.05 bits per heavy atom. The second kappa shape index (κ2) is 7.00. The lowest BCUT2D eigenvalue weighted by molar-refractivity contribution is -0.0798. The third kappa shape index (κ3) is 4.45. The third-order valence-electron chi connectivity index (χ3n) is 6.56. The van der Waals surface area contributed by atoms with Crippen LogP contribution in [0.3, 0.4) is 0 Å². The second-order valence-electron chi connectivity index (χ2n) is 8.40. The van der Waals surface area contributed by atoms with E-state index in [-0.39, 0.29) is 5.60 Å². The summed E-state index contributed by atoms with van der Waals surface area (Å²) in [5.41, 5.74) is 0.641. The van der Waals surface area contributed by atoms with Crippen molar-refractivity contribution in [3.05, 3.63) is 0 Å². The predicted molar refractivity (Wildman–Crippen MR) is 90.6 cm³/mol. The van der Waals surface area contributed by atoms with Crippen LogP contribution in [0, 0.1) is 11.3 Å². The summed E-state index contributed by atoms with van der Waals surface area (Å²) in [7, 11) is 0. The molecular weight excluding hydrogens is 258 g/mol. The first-order valence-corrected chi connectivity index (χ1v) is 9.28. The van der Waals surface area contributed by atoms with Crippen LogP contribution < -0.4 is 5.32 Å². The van der Waals surface area contributed by atoms with E-state index in [1.165, 1.54) is 44.9 Å². The Kier molecular flexibility index (Phi) is 5.76. The van der Waals surface area contributed by atoms with Crippen LogP contribution in [0.25, 0.3) is 0 Å². The molecule has 0 aromatic heterocycles. The molecule has 2 aliphatic rings. The molecule has 0 aromatic rings. The van der Waals surface area contributed by atoms with Gasteiger partial charge >= 0.3 is 0 Å². The summed E-state index contributed by atoms with van der Waals surface area (Å²) in [5, 5.41) is 3.96. The summed E-state index contributed by atoms with van der Waals surface area (Å²) in [6.07, 6.45) is 10.4. The number of rotatable bonds is 5. The first-order valence-electron chi connectivity index (χ1n) is 9.28. The summed E-state index contributed by atoms with van der Waals surface area (Å²) < 4.78 is 5.97. The van der Waals surface area contributed by atoms with E-state index in [0.717, 1.165) is 25.0 Å². The Morgan fingerprint density at radius 2 is 1.71 bits per heavy atom. The molecule has 1 aliphatic carbocycles. The van der Waals surface area contributed by atoms with Crippen LogP contribution in [0.15, 0.2) is 0 Å². The first-order chi connectivity index (χ1) is 9.88. The standard InChI is InChI=1S/C19H37NO/c1-6-18(3,4)15-8-10-16(11-9-15)20-17-12-13-21-19(5,7-2)14-17/h15-17,20H,6-14H2,1-5H3. The Bertz CT molecular complexity index is 320. The van der Waals surface area contributed by atoms with Gasteiger partial charge in [-0.05, 0) is 63.2 Å². The van der Waals surface area contributed by atoms with Crippen molar-refractivity contribution in [2.75, 3.05) is 6.61 Å². The summed E-state index contributed by atoms with van der Waals surface area (Å²) in [4.78, 5) is 0. The Balaban J connectivity index is 1.78. The van der Waals surface area contributed by atoms with Gasteiger partial charge in [-0.3, -0.25) is 0 Å². The minimum atomic E-state index is 0.108. The number of hydrogen-bond acceptors (Lipinski definition) is 2. The lowest BCUT2D eigenvalue weighted by Gasteiger charge is -2.42. The van der Waals surface area contributed by atoms with E-state index in [1.54, 1.807) is 0 Å². The molecule has 21 heavy (non-hydrogen) atoms. The number of hydrogen-bond donors (Lipinski definition) is 1. The smallest absolute Gasteiger partial charge is 0.0666 e. The lowest BCUT2D eigenvalue weighted by Crippen LogP contribution is -2.49. The molecule has 2 unspecified atom stereocenters. The topological polar surface area (TPSA) is 21.3 Å². The maximum atomic E-state index is 5.97. The minimum absolute atomic E-state index is 0.108. The van der Waals surface area contributed by atoms with Gasteiger partial charge in [0.05, 0.1) is 5.60 Å². The van der Waals surface area contributed by atoms with Crippen LogP contribution in [0.2, 0.25) is 0 Å². The predicted octanol–water partition coefficient (Wildman–Crippen LogP) is 4.92. The second-order valence-corrected chi connectivity index (χ2v) is 8.40. The van der Waals surface area contributed by atoms with Crippen molar-refractivity contribution < 1.29 is 4.74 Å². The highest BCUT2D eigenvalue weighted by atomic mass is 16.5. The lowest BCUT2D eigenvalue weighted by atomic mass is 9.69. The molecule has 0 amide bonds. The Hall–Kier alpha value is -0.0800. The van der Waals surface area contributed by atoms with Crippen LogP contribution in [0.1, 0.15) is 86.0 Å². The van der Waals surface area contributed by atoms with E-state index in [0.29, 0.717) is 11.5 Å². The molecule has 2 heteroatoms. The van der Waals surface area contributed by atoms with Crippen LogP contribution in [0.5, 0.6) is 0 Å². The average Bonchev–Trinajstić information content (AvgIpc) is 2.48. The van der Waals surface area contributed by atoms with Crippen LogP contribution in [0.4, 0.5) is 0 Å². The fourth-order valence-electron chi connectivity index (χ4n) is 4.18. The molecule has 124 valence electrons. The van der Waals surface area contributed by atoms with E-state index >= 15 is 0 Å². The van der Waals surface area contributed by atoms with E-state index in [4.69, 9.17) is 4.74 Å². The highest BCUT2D eigenvalue weighted by Gasteiger charge is 2.35. The van der Waals surface area contributed by atoms with Gasteiger partial charge in [0.2, 0.25) is 0 Å². The van der Waals surface area contributed by atoms with E-state index in [9.17, 15) is 0 Å². The summed E-state index contributed by atoms with van der Waals surface area (Å²) in [6.45, 7) is 12.7. The van der Waals surface area contributed by atoms with Gasteiger partial charge in [-0.15, -0.1) is 0 Å². The third-order valence-corrected chi connectivity index (χ3v) is 6.56. The van der Waals surface area contributed by atoms with Gasteiger partial charge in [0, 0.05) is 18.7 Å². The van der Waals surface area contributed by atoms with Crippen molar-refractivity contribution in [2.45, 2.75) is 104 Å². The van der Waals surface area contributed by atoms with E-state index < -0.39 is 0 Å². The van der Waals surface area contributed by atoms with Crippen LogP contribution >= 0.6 is 0 Å². The highest BCUT2D eigenvalue weighted by Crippen LogP contribution is 2.40. The fourth-order valence-corrected chi connectivity index (χ4v) is 4.18. The van der Waals surface area contributed by atoms with Crippen molar-refractivity contribution in [2.24, 2.45) is 11.3 Å². The minimum Gasteiger partial charge on any atom is -0.375 e. The molecular formula is C19H37NO. The molecule has 2 nitrogen and oxygen atoms in total. The van der Waals surface area contributed by atoms with Crippen molar-refractivity contribution in [1.29, 1.82) is 0 Å². The average molecular weight is 296 g/mol. The van der Waals surface area contributed by atoms with Crippen molar-refractivity contribution in [3.8, 4) is 0 Å². The summed E-state index contributed by atoms with van der Waals surface area (Å²) >= 11 is 0. The van der Waals surface area contributed by atoms with Gasteiger partial charge in [-0.1, -0.05) is 34.1 Å². The number of nitrogens with one attached hydrogen (secondary N) is 1. The quantitative estimate of drug-likeness (QED) is 0.777. The largest absolute Gasteiger partial charge is 0.375 e. The molecule has 2 fully saturated rings. The molecule has 1 saturated carbocycles. The monoisotopic (exact) mass is 295 g/mol. The fraction of sp³-hybridized carbons (Fsp3) is 1.00. The van der Waals surface area contributed by atoms with Crippen LogP contribution in [-0.2, 0) is 4.74 Å². The van der Waals surface area contributed by atoms with Crippen molar-refractivity contribution in [1.82, 2.24) is 5.32 Å². The normalized spacial score (nSPS) is 38.4. The van der Waals surface area contributed by atoms with Gasteiger partial charge in [-0.2, -0.15) is 0 Å². The maximum Gasteiger partial charge on any atom is 0.0666 e. The molecule has 2 rings (SSSR count).